The van der Waals surface area contributed by atoms with Gasteiger partial charge in [-0.2, -0.15) is 0 Å². The summed E-state index contributed by atoms with van der Waals surface area (Å²) in [4.78, 5) is 25.8. The largest absolute Gasteiger partial charge is 0.346 e. The quantitative estimate of drug-likeness (QED) is 0.765. The Hall–Kier alpha value is -2.42. The van der Waals surface area contributed by atoms with E-state index in [9.17, 15) is 9.59 Å². The van der Waals surface area contributed by atoms with Crippen molar-refractivity contribution in [2.45, 2.75) is 19.3 Å². The molecule has 1 amide bonds. The van der Waals surface area contributed by atoms with E-state index in [0.29, 0.717) is 18.5 Å². The first-order chi connectivity index (χ1) is 10.6. The zero-order chi connectivity index (χ0) is 15.9. The van der Waals surface area contributed by atoms with Crippen LogP contribution in [0.3, 0.4) is 0 Å². The van der Waals surface area contributed by atoms with Gasteiger partial charge in [0, 0.05) is 32.0 Å². The Balaban J connectivity index is 2.22. The molecular formula is C19H21NO2. The molecule has 2 aromatic rings. The molecule has 0 aliphatic rings. The predicted octanol–water partition coefficient (Wildman–Crippen LogP) is 3.52. The number of Topliss-reactive ketones (excluding diaryl/α,β-unsaturated/α-hetero) is 1. The standard InChI is InChI=1S/C19H21NO2/c1-15(21)20(2)14-13-18(16-9-5-3-6-10-16)19(22)17-11-7-4-8-12-17/h3-12,18H,13-14H2,1-2H3. The molecule has 3 nitrogen and oxygen atoms in total. The van der Waals surface area contributed by atoms with E-state index in [-0.39, 0.29) is 17.6 Å². The van der Waals surface area contributed by atoms with Gasteiger partial charge in [-0.1, -0.05) is 60.7 Å². The second-order valence-corrected chi connectivity index (χ2v) is 5.42. The van der Waals surface area contributed by atoms with Gasteiger partial charge in [-0.25, -0.2) is 0 Å². The molecule has 1 atom stereocenters. The fourth-order valence-corrected chi connectivity index (χ4v) is 2.42. The first kappa shape index (κ1) is 16.0. The number of benzene rings is 2. The molecule has 3 heteroatoms. The summed E-state index contributed by atoms with van der Waals surface area (Å²) in [6.45, 7) is 2.10. The van der Waals surface area contributed by atoms with Crippen molar-refractivity contribution >= 4 is 11.7 Å². The van der Waals surface area contributed by atoms with Gasteiger partial charge < -0.3 is 4.90 Å². The molecule has 0 bridgehead atoms. The summed E-state index contributed by atoms with van der Waals surface area (Å²) in [5.41, 5.74) is 1.70. The van der Waals surface area contributed by atoms with E-state index in [1.807, 2.05) is 60.7 Å². The summed E-state index contributed by atoms with van der Waals surface area (Å²) in [7, 11) is 1.76. The maximum atomic E-state index is 12.8. The molecule has 0 saturated carbocycles. The van der Waals surface area contributed by atoms with Crippen LogP contribution in [0.15, 0.2) is 60.7 Å². The monoisotopic (exact) mass is 295 g/mol. The van der Waals surface area contributed by atoms with Crippen LogP contribution in [0, 0.1) is 0 Å². The first-order valence-corrected chi connectivity index (χ1v) is 7.45. The van der Waals surface area contributed by atoms with Crippen LogP contribution in [0.1, 0.15) is 35.2 Å². The number of amides is 1. The van der Waals surface area contributed by atoms with Crippen LogP contribution in [0.5, 0.6) is 0 Å². The fourth-order valence-electron chi connectivity index (χ4n) is 2.42. The summed E-state index contributed by atoms with van der Waals surface area (Å²) >= 11 is 0. The minimum atomic E-state index is -0.231. The van der Waals surface area contributed by atoms with Crippen molar-refractivity contribution in [3.8, 4) is 0 Å². The van der Waals surface area contributed by atoms with Crippen LogP contribution in [-0.4, -0.2) is 30.2 Å². The molecule has 0 radical (unpaired) electrons. The zero-order valence-corrected chi connectivity index (χ0v) is 13.0. The lowest BCUT2D eigenvalue weighted by molar-refractivity contribution is -0.127. The number of hydrogen-bond donors (Lipinski definition) is 0. The highest BCUT2D eigenvalue weighted by molar-refractivity contribution is 6.01. The van der Waals surface area contributed by atoms with Crippen LogP contribution >= 0.6 is 0 Å². The number of ketones is 1. The summed E-state index contributed by atoms with van der Waals surface area (Å²) in [5.74, 6) is -0.117. The predicted molar refractivity (Wildman–Crippen MR) is 87.9 cm³/mol. The highest BCUT2D eigenvalue weighted by Crippen LogP contribution is 2.24. The van der Waals surface area contributed by atoms with Gasteiger partial charge in [0.05, 0.1) is 0 Å². The Bertz CT molecular complexity index is 622. The van der Waals surface area contributed by atoms with Crippen LogP contribution in [0.25, 0.3) is 0 Å². The lowest BCUT2D eigenvalue weighted by atomic mass is 9.88. The van der Waals surface area contributed by atoms with Crippen molar-refractivity contribution in [1.82, 2.24) is 4.90 Å². The van der Waals surface area contributed by atoms with Gasteiger partial charge in [0.2, 0.25) is 5.91 Å². The average Bonchev–Trinajstić information content (AvgIpc) is 2.56. The Morgan fingerprint density at radius 1 is 0.955 bits per heavy atom. The molecule has 1 unspecified atom stereocenters. The minimum absolute atomic E-state index is 0.0129. The van der Waals surface area contributed by atoms with Crippen molar-refractivity contribution < 1.29 is 9.59 Å². The number of carbonyl (C=O) groups excluding carboxylic acids is 2. The van der Waals surface area contributed by atoms with Crippen LogP contribution in [-0.2, 0) is 4.79 Å². The third kappa shape index (κ3) is 4.04. The molecule has 0 saturated heterocycles. The average molecular weight is 295 g/mol. The van der Waals surface area contributed by atoms with E-state index in [4.69, 9.17) is 0 Å². The number of hydrogen-bond acceptors (Lipinski definition) is 2. The molecule has 22 heavy (non-hydrogen) atoms. The van der Waals surface area contributed by atoms with Crippen LogP contribution in [0.2, 0.25) is 0 Å². The van der Waals surface area contributed by atoms with E-state index < -0.39 is 0 Å². The highest BCUT2D eigenvalue weighted by atomic mass is 16.2. The van der Waals surface area contributed by atoms with Crippen molar-refractivity contribution in [2.24, 2.45) is 0 Å². The van der Waals surface area contributed by atoms with Gasteiger partial charge >= 0.3 is 0 Å². The normalized spacial score (nSPS) is 11.7. The molecular weight excluding hydrogens is 274 g/mol. The fraction of sp³-hybridized carbons (Fsp3) is 0.263. The topological polar surface area (TPSA) is 37.4 Å². The third-order valence-electron chi connectivity index (χ3n) is 3.87. The van der Waals surface area contributed by atoms with Crippen molar-refractivity contribution in [2.75, 3.05) is 13.6 Å². The molecule has 0 aromatic heterocycles. The van der Waals surface area contributed by atoms with E-state index in [0.717, 1.165) is 5.56 Å². The molecule has 0 fully saturated rings. The molecule has 0 N–H and O–H groups in total. The van der Waals surface area contributed by atoms with Gasteiger partial charge in [0.1, 0.15) is 0 Å². The molecule has 0 aliphatic carbocycles. The molecule has 0 spiro atoms. The van der Waals surface area contributed by atoms with Gasteiger partial charge in [-0.3, -0.25) is 9.59 Å². The second-order valence-electron chi connectivity index (χ2n) is 5.42. The zero-order valence-electron chi connectivity index (χ0n) is 13.0. The second kappa shape index (κ2) is 7.55. The van der Waals surface area contributed by atoms with Crippen LogP contribution in [0.4, 0.5) is 0 Å². The maximum Gasteiger partial charge on any atom is 0.219 e. The molecule has 114 valence electrons. The van der Waals surface area contributed by atoms with Crippen LogP contribution < -0.4 is 0 Å². The lowest BCUT2D eigenvalue weighted by Gasteiger charge is -2.20. The maximum absolute atomic E-state index is 12.8. The lowest BCUT2D eigenvalue weighted by Crippen LogP contribution is -2.27. The Kier molecular flexibility index (Phi) is 5.48. The van der Waals surface area contributed by atoms with Crippen molar-refractivity contribution in [3.63, 3.8) is 0 Å². The van der Waals surface area contributed by atoms with Gasteiger partial charge in [-0.15, -0.1) is 0 Å². The van der Waals surface area contributed by atoms with E-state index in [2.05, 4.69) is 0 Å². The number of carbonyl (C=O) groups is 2. The van der Waals surface area contributed by atoms with Gasteiger partial charge in [0.25, 0.3) is 0 Å². The molecule has 0 aliphatic heterocycles. The Morgan fingerprint density at radius 3 is 2.05 bits per heavy atom. The van der Waals surface area contributed by atoms with Crippen molar-refractivity contribution in [3.05, 3.63) is 71.8 Å². The first-order valence-electron chi connectivity index (χ1n) is 7.45. The highest BCUT2D eigenvalue weighted by Gasteiger charge is 2.22. The Labute approximate surface area is 131 Å². The van der Waals surface area contributed by atoms with Crippen molar-refractivity contribution in [1.29, 1.82) is 0 Å². The smallest absolute Gasteiger partial charge is 0.219 e. The van der Waals surface area contributed by atoms with E-state index >= 15 is 0 Å². The van der Waals surface area contributed by atoms with Gasteiger partial charge in [0.15, 0.2) is 5.78 Å². The molecule has 0 heterocycles. The number of nitrogens with zero attached hydrogens (tertiary/aromatic N) is 1. The Morgan fingerprint density at radius 2 is 1.50 bits per heavy atom. The van der Waals surface area contributed by atoms with E-state index in [1.165, 1.54) is 6.92 Å². The summed E-state index contributed by atoms with van der Waals surface area (Å²) in [5, 5.41) is 0. The molecule has 2 aromatic carbocycles. The summed E-state index contributed by atoms with van der Waals surface area (Å²) in [6, 6.07) is 19.1. The molecule has 2 rings (SSSR count). The van der Waals surface area contributed by atoms with E-state index in [1.54, 1.807) is 11.9 Å². The van der Waals surface area contributed by atoms with Gasteiger partial charge in [-0.05, 0) is 12.0 Å². The minimum Gasteiger partial charge on any atom is -0.346 e. The third-order valence-corrected chi connectivity index (χ3v) is 3.87. The summed E-state index contributed by atoms with van der Waals surface area (Å²) in [6.07, 6.45) is 0.619. The SMILES string of the molecule is CC(=O)N(C)CCC(C(=O)c1ccccc1)c1ccccc1. The summed E-state index contributed by atoms with van der Waals surface area (Å²) < 4.78 is 0. The number of rotatable bonds is 6.